The number of carbonyl (C=O) groups excluding carboxylic acids is 2. The van der Waals surface area contributed by atoms with E-state index in [1.807, 2.05) is 32.0 Å². The Morgan fingerprint density at radius 3 is 2.62 bits per heavy atom. The van der Waals surface area contributed by atoms with Gasteiger partial charge in [-0.25, -0.2) is 0 Å². The highest BCUT2D eigenvalue weighted by Gasteiger charge is 2.41. The van der Waals surface area contributed by atoms with Crippen LogP contribution in [0.4, 0.5) is 0 Å². The summed E-state index contributed by atoms with van der Waals surface area (Å²) in [5, 5.41) is 2.77. The van der Waals surface area contributed by atoms with Crippen molar-refractivity contribution in [2.24, 2.45) is 5.73 Å². The summed E-state index contributed by atoms with van der Waals surface area (Å²) in [7, 11) is 0. The van der Waals surface area contributed by atoms with E-state index in [0.717, 1.165) is 11.1 Å². The molecule has 0 bridgehead atoms. The van der Waals surface area contributed by atoms with Crippen LogP contribution < -0.4 is 15.8 Å². The van der Waals surface area contributed by atoms with E-state index in [2.05, 4.69) is 5.32 Å². The molecule has 2 amide bonds. The molecule has 0 unspecified atom stereocenters. The summed E-state index contributed by atoms with van der Waals surface area (Å²) in [6.07, 6.45) is 0.0717. The van der Waals surface area contributed by atoms with Crippen molar-refractivity contribution in [2.75, 3.05) is 19.8 Å². The number of hydrogen-bond acceptors (Lipinski definition) is 4. The van der Waals surface area contributed by atoms with Crippen LogP contribution in [0.25, 0.3) is 0 Å². The lowest BCUT2D eigenvalue weighted by Gasteiger charge is -2.41. The van der Waals surface area contributed by atoms with Gasteiger partial charge in [-0.15, -0.1) is 0 Å². The molecule has 0 atom stereocenters. The van der Waals surface area contributed by atoms with Crippen molar-refractivity contribution in [3.8, 4) is 5.75 Å². The zero-order valence-corrected chi connectivity index (χ0v) is 12.3. The lowest BCUT2D eigenvalue weighted by Crippen LogP contribution is -2.64. The van der Waals surface area contributed by atoms with Gasteiger partial charge in [0.05, 0.1) is 25.2 Å². The van der Waals surface area contributed by atoms with Gasteiger partial charge in [-0.1, -0.05) is 17.7 Å². The summed E-state index contributed by atoms with van der Waals surface area (Å²) in [6.45, 7) is 4.41. The lowest BCUT2D eigenvalue weighted by atomic mass is 9.92. The molecule has 0 spiro atoms. The van der Waals surface area contributed by atoms with Crippen LogP contribution in [0.2, 0.25) is 0 Å². The normalized spacial score (nSPS) is 15.9. The molecule has 0 radical (unpaired) electrons. The first-order valence-corrected chi connectivity index (χ1v) is 6.77. The molecule has 21 heavy (non-hydrogen) atoms. The predicted molar refractivity (Wildman–Crippen MR) is 76.9 cm³/mol. The molecule has 114 valence electrons. The topological polar surface area (TPSA) is 90.6 Å². The number of nitrogens with two attached hydrogens (primary N) is 1. The van der Waals surface area contributed by atoms with Gasteiger partial charge in [-0.05, 0) is 25.5 Å². The number of hydrogen-bond donors (Lipinski definition) is 2. The number of ether oxygens (including phenoxy) is 2. The Morgan fingerprint density at radius 2 is 2.10 bits per heavy atom. The van der Waals surface area contributed by atoms with Gasteiger partial charge in [-0.2, -0.15) is 0 Å². The number of carbonyl (C=O) groups is 2. The Morgan fingerprint density at radius 1 is 1.38 bits per heavy atom. The Hall–Kier alpha value is -2.08. The number of nitrogens with one attached hydrogen (secondary N) is 1. The van der Waals surface area contributed by atoms with Gasteiger partial charge in [0.1, 0.15) is 5.75 Å². The van der Waals surface area contributed by atoms with Gasteiger partial charge in [0.2, 0.25) is 5.91 Å². The van der Waals surface area contributed by atoms with Crippen molar-refractivity contribution in [3.05, 3.63) is 29.3 Å². The van der Waals surface area contributed by atoms with Gasteiger partial charge >= 0.3 is 0 Å². The maximum atomic E-state index is 11.9. The maximum Gasteiger partial charge on any atom is 0.258 e. The molecule has 2 rings (SSSR count). The second-order valence-corrected chi connectivity index (χ2v) is 5.52. The second kappa shape index (κ2) is 6.13. The maximum absolute atomic E-state index is 11.9. The fourth-order valence-electron chi connectivity index (χ4n) is 2.34. The van der Waals surface area contributed by atoms with Crippen molar-refractivity contribution in [3.63, 3.8) is 0 Å². The lowest BCUT2D eigenvalue weighted by molar-refractivity contribution is -0.139. The second-order valence-electron chi connectivity index (χ2n) is 5.52. The largest absolute Gasteiger partial charge is 0.484 e. The van der Waals surface area contributed by atoms with Crippen molar-refractivity contribution in [1.82, 2.24) is 5.32 Å². The van der Waals surface area contributed by atoms with Gasteiger partial charge in [0.25, 0.3) is 5.91 Å². The number of amides is 2. The third kappa shape index (κ3) is 3.95. The molecule has 0 aliphatic carbocycles. The van der Waals surface area contributed by atoms with Crippen LogP contribution in [-0.4, -0.2) is 37.2 Å². The van der Waals surface area contributed by atoms with Crippen LogP contribution in [0.3, 0.4) is 0 Å². The third-order valence-corrected chi connectivity index (χ3v) is 3.36. The van der Waals surface area contributed by atoms with Crippen LogP contribution >= 0.6 is 0 Å². The number of benzene rings is 1. The van der Waals surface area contributed by atoms with Gasteiger partial charge in [-0.3, -0.25) is 9.59 Å². The quantitative estimate of drug-likeness (QED) is 0.796. The molecule has 1 aromatic rings. The molecule has 6 nitrogen and oxygen atoms in total. The standard InChI is InChI=1S/C15H20N2O4/c1-10-3-4-12(11(2)5-10)21-7-14(19)17-15(6-13(16)18)8-20-9-15/h3-5H,6-9H2,1-2H3,(H2,16,18)(H,17,19). The van der Waals surface area contributed by atoms with E-state index in [1.165, 1.54) is 0 Å². The molecule has 0 saturated carbocycles. The van der Waals surface area contributed by atoms with Gasteiger partial charge in [0, 0.05) is 0 Å². The summed E-state index contributed by atoms with van der Waals surface area (Å²) in [4.78, 5) is 23.0. The summed E-state index contributed by atoms with van der Waals surface area (Å²) in [5.74, 6) is -0.0852. The monoisotopic (exact) mass is 292 g/mol. The summed E-state index contributed by atoms with van der Waals surface area (Å²) in [5.41, 5.74) is 6.62. The molecule has 0 aromatic heterocycles. The Kier molecular flexibility index (Phi) is 4.47. The van der Waals surface area contributed by atoms with E-state index in [9.17, 15) is 9.59 Å². The minimum absolute atomic E-state index is 0.0717. The summed E-state index contributed by atoms with van der Waals surface area (Å²) < 4.78 is 10.6. The van der Waals surface area contributed by atoms with Crippen molar-refractivity contribution in [1.29, 1.82) is 0 Å². The van der Waals surface area contributed by atoms with Crippen LogP contribution in [0.1, 0.15) is 17.5 Å². The Balaban J connectivity index is 1.88. The van der Waals surface area contributed by atoms with Crippen molar-refractivity contribution >= 4 is 11.8 Å². The fourth-order valence-corrected chi connectivity index (χ4v) is 2.34. The SMILES string of the molecule is Cc1ccc(OCC(=O)NC2(CC(N)=O)COC2)c(C)c1. The molecular formula is C15H20N2O4. The van der Waals surface area contributed by atoms with Crippen LogP contribution in [-0.2, 0) is 14.3 Å². The van der Waals surface area contributed by atoms with Crippen molar-refractivity contribution in [2.45, 2.75) is 25.8 Å². The Labute approximate surface area is 123 Å². The smallest absolute Gasteiger partial charge is 0.258 e. The Bertz CT molecular complexity index is 553. The van der Waals surface area contributed by atoms with E-state index < -0.39 is 11.4 Å². The number of primary amides is 1. The van der Waals surface area contributed by atoms with E-state index in [4.69, 9.17) is 15.2 Å². The highest BCUT2D eigenvalue weighted by Crippen LogP contribution is 2.21. The van der Waals surface area contributed by atoms with E-state index in [-0.39, 0.29) is 18.9 Å². The van der Waals surface area contributed by atoms with Gasteiger partial charge in [0.15, 0.2) is 6.61 Å². The van der Waals surface area contributed by atoms with E-state index in [1.54, 1.807) is 0 Å². The molecule has 1 aliphatic rings. The fraction of sp³-hybridized carbons (Fsp3) is 0.467. The van der Waals surface area contributed by atoms with Crippen LogP contribution in [0.5, 0.6) is 5.75 Å². The molecule has 1 aromatic carbocycles. The van der Waals surface area contributed by atoms with Crippen molar-refractivity contribution < 1.29 is 19.1 Å². The first kappa shape index (κ1) is 15.3. The number of rotatable bonds is 6. The number of aryl methyl sites for hydroxylation is 2. The highest BCUT2D eigenvalue weighted by molar-refractivity contribution is 5.81. The molecular weight excluding hydrogens is 272 g/mol. The minimum Gasteiger partial charge on any atom is -0.484 e. The zero-order chi connectivity index (χ0) is 15.5. The highest BCUT2D eigenvalue weighted by atomic mass is 16.5. The predicted octanol–water partition coefficient (Wildman–Crippen LogP) is 0.443. The van der Waals surface area contributed by atoms with Gasteiger partial charge < -0.3 is 20.5 Å². The molecule has 1 saturated heterocycles. The summed E-state index contributed by atoms with van der Waals surface area (Å²) >= 11 is 0. The van der Waals surface area contributed by atoms with Crippen LogP contribution in [0.15, 0.2) is 18.2 Å². The molecule has 1 fully saturated rings. The van der Waals surface area contributed by atoms with Crippen LogP contribution in [0, 0.1) is 13.8 Å². The minimum atomic E-state index is -0.672. The first-order valence-electron chi connectivity index (χ1n) is 6.77. The third-order valence-electron chi connectivity index (χ3n) is 3.36. The molecule has 6 heteroatoms. The van der Waals surface area contributed by atoms with E-state index >= 15 is 0 Å². The molecule has 1 heterocycles. The van der Waals surface area contributed by atoms with E-state index in [0.29, 0.717) is 19.0 Å². The average Bonchev–Trinajstić information content (AvgIpc) is 2.34. The average molecular weight is 292 g/mol. The first-order chi connectivity index (χ1) is 9.90. The summed E-state index contributed by atoms with van der Waals surface area (Å²) in [6, 6.07) is 5.75. The zero-order valence-electron chi connectivity index (χ0n) is 12.3. The molecule has 3 N–H and O–H groups in total. The molecule has 1 aliphatic heterocycles.